The van der Waals surface area contributed by atoms with Gasteiger partial charge in [-0.3, -0.25) is 0 Å². The lowest BCUT2D eigenvalue weighted by atomic mass is 9.94. The standard InChI is InChI=1S/C11H2F22O3S/c12-2(13,3(14,15)4(16,17)5(18,19)6(20,21)9(26,27)28)1-37(34,35)36-11(32,33)8(24,25)7(22,23)10(29,30)31/h1H2. The molecule has 0 fully saturated rings. The Morgan fingerprint density at radius 3 is 0.973 bits per heavy atom. The van der Waals surface area contributed by atoms with E-state index >= 15 is 0 Å². The highest BCUT2D eigenvalue weighted by Gasteiger charge is 2.91. The van der Waals surface area contributed by atoms with E-state index in [4.69, 9.17) is 0 Å². The molecule has 0 aromatic rings. The smallest absolute Gasteiger partial charge is 0.199 e. The van der Waals surface area contributed by atoms with Crippen LogP contribution in [0.2, 0.25) is 0 Å². The van der Waals surface area contributed by atoms with Crippen LogP contribution in [-0.4, -0.2) is 74.1 Å². The van der Waals surface area contributed by atoms with Crippen LogP contribution in [0.3, 0.4) is 0 Å². The highest BCUT2D eigenvalue weighted by molar-refractivity contribution is 7.86. The van der Waals surface area contributed by atoms with Crippen LogP contribution in [0.25, 0.3) is 0 Å². The largest absolute Gasteiger partial charge is 0.460 e. The molecular formula is C11H2F22O3S. The van der Waals surface area contributed by atoms with Gasteiger partial charge >= 0.3 is 59.9 Å². The predicted molar refractivity (Wildman–Crippen MR) is 66.6 cm³/mol. The van der Waals surface area contributed by atoms with E-state index in [1.165, 1.54) is 0 Å². The fraction of sp³-hybridized carbons (Fsp3) is 1.00. The quantitative estimate of drug-likeness (QED) is 0.204. The van der Waals surface area contributed by atoms with Crippen LogP contribution >= 0.6 is 0 Å². The molecular weight excluding hydrogens is 630 g/mol. The lowest BCUT2D eigenvalue weighted by Gasteiger charge is -2.39. The van der Waals surface area contributed by atoms with Crippen LogP contribution < -0.4 is 0 Å². The summed E-state index contributed by atoms with van der Waals surface area (Å²) in [6.07, 6.45) is -23.5. The first-order valence-electron chi connectivity index (χ1n) is 7.50. The Kier molecular flexibility index (Phi) is 8.31. The molecule has 0 rings (SSSR count). The van der Waals surface area contributed by atoms with Crippen molar-refractivity contribution in [1.29, 1.82) is 0 Å². The molecule has 0 aliphatic carbocycles. The van der Waals surface area contributed by atoms with Crippen LogP contribution in [0.1, 0.15) is 0 Å². The minimum absolute atomic E-state index is 1.56. The average molecular weight is 632 g/mol. The van der Waals surface area contributed by atoms with Gasteiger partial charge in [0.25, 0.3) is 10.1 Å². The summed E-state index contributed by atoms with van der Waals surface area (Å²) >= 11 is 0. The van der Waals surface area contributed by atoms with Crippen LogP contribution in [0.15, 0.2) is 0 Å². The topological polar surface area (TPSA) is 43.4 Å². The highest BCUT2D eigenvalue weighted by atomic mass is 32.2. The lowest BCUT2D eigenvalue weighted by Crippen LogP contribution is -2.71. The molecule has 0 bridgehead atoms. The van der Waals surface area contributed by atoms with Crippen molar-refractivity contribution in [3.63, 3.8) is 0 Å². The number of hydrogen-bond donors (Lipinski definition) is 0. The molecule has 0 saturated heterocycles. The first kappa shape index (κ1) is 35.4. The first-order valence-corrected chi connectivity index (χ1v) is 9.08. The Balaban J connectivity index is 6.51. The van der Waals surface area contributed by atoms with Crippen molar-refractivity contribution < 1.29 is 109 Å². The van der Waals surface area contributed by atoms with Crippen LogP contribution in [0.4, 0.5) is 96.6 Å². The first-order chi connectivity index (χ1) is 15.4. The monoisotopic (exact) mass is 632 g/mol. The Morgan fingerprint density at radius 1 is 0.405 bits per heavy atom. The second-order valence-electron chi connectivity index (χ2n) is 6.45. The van der Waals surface area contributed by atoms with Gasteiger partial charge in [0.1, 0.15) is 5.75 Å². The SMILES string of the molecule is O=S(=O)(CC(F)(F)C(F)(F)C(F)(F)C(F)(F)C(F)(F)C(F)(F)F)OC(F)(F)C(F)(F)C(F)(F)C(F)(F)F. The van der Waals surface area contributed by atoms with E-state index in [1.807, 2.05) is 0 Å². The van der Waals surface area contributed by atoms with E-state index in [9.17, 15) is 105 Å². The molecule has 0 aromatic carbocycles. The fourth-order valence-corrected chi connectivity index (χ4v) is 2.82. The normalized spacial score (nSPS) is 16.8. The maximum Gasteiger partial charge on any atom is 0.460 e. The van der Waals surface area contributed by atoms with E-state index in [1.54, 1.807) is 4.18 Å². The Hall–Kier alpha value is -1.63. The third-order valence-corrected chi connectivity index (χ3v) is 4.88. The Labute approximate surface area is 186 Å². The molecule has 37 heavy (non-hydrogen) atoms. The van der Waals surface area contributed by atoms with Crippen molar-refractivity contribution in [3.8, 4) is 0 Å². The number of alkyl halides is 22. The molecule has 0 atom stereocenters. The van der Waals surface area contributed by atoms with Crippen molar-refractivity contribution in [2.45, 2.75) is 59.9 Å². The number of halogens is 22. The van der Waals surface area contributed by atoms with Crippen LogP contribution in [-0.2, 0) is 14.3 Å². The molecule has 0 unspecified atom stereocenters. The molecule has 0 spiro atoms. The van der Waals surface area contributed by atoms with Crippen molar-refractivity contribution in [2.75, 3.05) is 5.75 Å². The summed E-state index contributed by atoms with van der Waals surface area (Å²) in [6, 6.07) is 0. The van der Waals surface area contributed by atoms with Gasteiger partial charge < -0.3 is 0 Å². The molecule has 0 aromatic heterocycles. The van der Waals surface area contributed by atoms with E-state index < -0.39 is 75.8 Å². The molecule has 0 radical (unpaired) electrons. The van der Waals surface area contributed by atoms with Gasteiger partial charge in [0.15, 0.2) is 0 Å². The number of rotatable bonds is 10. The van der Waals surface area contributed by atoms with Gasteiger partial charge in [-0.2, -0.15) is 109 Å². The van der Waals surface area contributed by atoms with E-state index in [0.717, 1.165) is 0 Å². The average Bonchev–Trinajstić information content (AvgIpc) is 2.56. The zero-order chi connectivity index (χ0) is 30.9. The molecule has 0 N–H and O–H groups in total. The van der Waals surface area contributed by atoms with Gasteiger partial charge in [-0.1, -0.05) is 0 Å². The zero-order valence-corrected chi connectivity index (χ0v) is 16.5. The molecule has 224 valence electrons. The van der Waals surface area contributed by atoms with Gasteiger partial charge in [-0.05, 0) is 0 Å². The zero-order valence-electron chi connectivity index (χ0n) is 15.7. The molecule has 0 saturated carbocycles. The molecule has 26 heteroatoms. The summed E-state index contributed by atoms with van der Waals surface area (Å²) in [5.41, 5.74) is 0. The third-order valence-electron chi connectivity index (χ3n) is 3.70. The van der Waals surface area contributed by atoms with Gasteiger partial charge in [-0.25, -0.2) is 0 Å². The second kappa shape index (κ2) is 8.69. The summed E-state index contributed by atoms with van der Waals surface area (Å²) in [5.74, 6) is -62.8. The van der Waals surface area contributed by atoms with E-state index in [0.29, 0.717) is 0 Å². The molecule has 3 nitrogen and oxygen atoms in total. The highest BCUT2D eigenvalue weighted by Crippen LogP contribution is 2.60. The van der Waals surface area contributed by atoms with E-state index in [-0.39, 0.29) is 0 Å². The summed E-state index contributed by atoms with van der Waals surface area (Å²) in [7, 11) is -7.99. The summed E-state index contributed by atoms with van der Waals surface area (Å²) in [6.45, 7) is 0. The third kappa shape index (κ3) is 5.31. The predicted octanol–water partition coefficient (Wildman–Crippen LogP) is 6.50. The Morgan fingerprint density at radius 2 is 0.676 bits per heavy atom. The van der Waals surface area contributed by atoms with Crippen molar-refractivity contribution >= 4 is 10.1 Å². The molecule has 0 heterocycles. The van der Waals surface area contributed by atoms with Gasteiger partial charge in [0, 0.05) is 0 Å². The molecule has 0 amide bonds. The fourth-order valence-electron chi connectivity index (χ4n) is 1.72. The summed E-state index contributed by atoms with van der Waals surface area (Å²) in [5, 5.41) is 0. The van der Waals surface area contributed by atoms with Crippen molar-refractivity contribution in [2.24, 2.45) is 0 Å². The van der Waals surface area contributed by atoms with Crippen LogP contribution in [0, 0.1) is 0 Å². The number of hydrogen-bond acceptors (Lipinski definition) is 3. The van der Waals surface area contributed by atoms with Crippen molar-refractivity contribution in [1.82, 2.24) is 0 Å². The van der Waals surface area contributed by atoms with Crippen molar-refractivity contribution in [3.05, 3.63) is 0 Å². The summed E-state index contributed by atoms with van der Waals surface area (Å²) in [4.78, 5) is 0. The second-order valence-corrected chi connectivity index (χ2v) is 8.02. The maximum atomic E-state index is 13.4. The Bertz CT molecular complexity index is 940. The minimum Gasteiger partial charge on any atom is -0.199 e. The van der Waals surface area contributed by atoms with E-state index in [2.05, 4.69) is 0 Å². The molecule has 0 aliphatic rings. The maximum absolute atomic E-state index is 13.4. The summed E-state index contributed by atoms with van der Waals surface area (Å²) < 4.78 is 303. The lowest BCUT2D eigenvalue weighted by molar-refractivity contribution is -0.438. The minimum atomic E-state index is -8.69. The van der Waals surface area contributed by atoms with Crippen LogP contribution in [0.5, 0.6) is 0 Å². The van der Waals surface area contributed by atoms with Gasteiger partial charge in [-0.15, -0.1) is 0 Å². The molecule has 0 aliphatic heterocycles. The van der Waals surface area contributed by atoms with Gasteiger partial charge in [0.05, 0.1) is 0 Å². The van der Waals surface area contributed by atoms with Gasteiger partial charge in [0.2, 0.25) is 0 Å².